The van der Waals surface area contributed by atoms with Gasteiger partial charge in [0.25, 0.3) is 10.0 Å². The summed E-state index contributed by atoms with van der Waals surface area (Å²) in [6, 6.07) is 11.3. The van der Waals surface area contributed by atoms with Gasteiger partial charge in [0.1, 0.15) is 4.21 Å². The zero-order chi connectivity index (χ0) is 14.9. The molecule has 6 heteroatoms. The molecule has 0 radical (unpaired) electrons. The fourth-order valence-corrected chi connectivity index (χ4v) is 5.39. The predicted molar refractivity (Wildman–Crippen MR) is 86.4 cm³/mol. The Kier molecular flexibility index (Phi) is 4.01. The van der Waals surface area contributed by atoms with Crippen LogP contribution in [0.25, 0.3) is 0 Å². The maximum atomic E-state index is 12.9. The first-order valence-electron chi connectivity index (χ1n) is 7.03. The number of sulfonamides is 1. The molecule has 1 N–H and O–H groups in total. The molecule has 2 heterocycles. The second-order valence-electron chi connectivity index (χ2n) is 4.96. The summed E-state index contributed by atoms with van der Waals surface area (Å²) in [4.78, 5) is 1.09. The Bertz CT molecular complexity index is 738. The molecule has 1 aliphatic heterocycles. The lowest BCUT2D eigenvalue weighted by molar-refractivity contribution is 0.591. The van der Waals surface area contributed by atoms with Crippen molar-refractivity contribution in [3.05, 3.63) is 46.8 Å². The maximum Gasteiger partial charge on any atom is 0.273 e. The molecule has 0 atom stereocenters. The summed E-state index contributed by atoms with van der Waals surface area (Å²) < 4.78 is 27.8. The normalized spacial score (nSPS) is 15.6. The lowest BCUT2D eigenvalue weighted by atomic mass is 10.2. The number of rotatable bonds is 3. The molecule has 21 heavy (non-hydrogen) atoms. The van der Waals surface area contributed by atoms with Gasteiger partial charge in [0, 0.05) is 24.5 Å². The van der Waals surface area contributed by atoms with Crippen LogP contribution in [0.4, 0.5) is 5.69 Å². The fraction of sp³-hybridized carbons (Fsp3) is 0.333. The quantitative estimate of drug-likeness (QED) is 0.945. The summed E-state index contributed by atoms with van der Waals surface area (Å²) in [7, 11) is -3.48. The second kappa shape index (κ2) is 5.79. The molecule has 4 nitrogen and oxygen atoms in total. The van der Waals surface area contributed by atoms with Crippen LogP contribution in [0.15, 0.2) is 40.6 Å². The molecule has 0 unspecified atom stereocenters. The van der Waals surface area contributed by atoms with Crippen LogP contribution in [0.1, 0.15) is 17.4 Å². The molecule has 0 spiro atoms. The van der Waals surface area contributed by atoms with Gasteiger partial charge >= 0.3 is 0 Å². The van der Waals surface area contributed by atoms with Crippen molar-refractivity contribution in [3.8, 4) is 0 Å². The Morgan fingerprint density at radius 3 is 2.81 bits per heavy atom. The summed E-state index contributed by atoms with van der Waals surface area (Å²) >= 11 is 1.36. The Balaban J connectivity index is 2.06. The van der Waals surface area contributed by atoms with E-state index in [0.29, 0.717) is 23.8 Å². The third-order valence-corrected chi connectivity index (χ3v) is 7.11. The average Bonchev–Trinajstić information content (AvgIpc) is 2.87. The van der Waals surface area contributed by atoms with Crippen molar-refractivity contribution in [1.82, 2.24) is 5.32 Å². The minimum absolute atomic E-state index is 0.427. The third-order valence-electron chi connectivity index (χ3n) is 3.60. The number of aryl methyl sites for hydroxylation is 1. The predicted octanol–water partition coefficient (Wildman–Crippen LogP) is 2.61. The molecule has 0 amide bonds. The topological polar surface area (TPSA) is 49.4 Å². The molecule has 1 aromatic heterocycles. The van der Waals surface area contributed by atoms with Crippen LogP contribution in [0.2, 0.25) is 0 Å². The molecule has 3 rings (SSSR count). The molecule has 0 aliphatic carbocycles. The van der Waals surface area contributed by atoms with Crippen molar-refractivity contribution in [2.24, 2.45) is 0 Å². The number of benzene rings is 1. The number of nitrogens with one attached hydrogen (secondary N) is 1. The van der Waals surface area contributed by atoms with Crippen LogP contribution in [-0.2, 0) is 23.0 Å². The van der Waals surface area contributed by atoms with E-state index >= 15 is 0 Å². The molecular formula is C15H18N2O2S2. The highest BCUT2D eigenvalue weighted by atomic mass is 32.2. The Hall–Kier alpha value is -1.37. The van der Waals surface area contributed by atoms with Crippen molar-refractivity contribution in [1.29, 1.82) is 0 Å². The van der Waals surface area contributed by atoms with Crippen LogP contribution in [-0.4, -0.2) is 21.5 Å². The number of hydrogen-bond donors (Lipinski definition) is 1. The molecule has 112 valence electrons. The molecular weight excluding hydrogens is 304 g/mol. The number of hydrogen-bond acceptors (Lipinski definition) is 4. The van der Waals surface area contributed by atoms with Gasteiger partial charge in [0.2, 0.25) is 0 Å². The first-order valence-corrected chi connectivity index (χ1v) is 9.28. The minimum atomic E-state index is -3.48. The van der Waals surface area contributed by atoms with E-state index in [0.717, 1.165) is 22.5 Å². The lowest BCUT2D eigenvalue weighted by Gasteiger charge is -2.23. The van der Waals surface area contributed by atoms with E-state index in [1.54, 1.807) is 6.07 Å². The lowest BCUT2D eigenvalue weighted by Crippen LogP contribution is -2.34. The van der Waals surface area contributed by atoms with Crippen molar-refractivity contribution >= 4 is 27.0 Å². The van der Waals surface area contributed by atoms with E-state index in [4.69, 9.17) is 0 Å². The van der Waals surface area contributed by atoms with Crippen molar-refractivity contribution in [2.75, 3.05) is 17.4 Å². The van der Waals surface area contributed by atoms with Crippen molar-refractivity contribution in [3.63, 3.8) is 0 Å². The number of thiophene rings is 1. The number of para-hydroxylation sites is 1. The summed E-state index contributed by atoms with van der Waals surface area (Å²) in [5.41, 5.74) is 1.81. The highest BCUT2D eigenvalue weighted by Gasteiger charge is 2.28. The van der Waals surface area contributed by atoms with E-state index < -0.39 is 10.0 Å². The van der Waals surface area contributed by atoms with Crippen LogP contribution in [0.3, 0.4) is 0 Å². The third kappa shape index (κ3) is 2.71. The monoisotopic (exact) mass is 322 g/mol. The van der Waals surface area contributed by atoms with Gasteiger partial charge in [-0.25, -0.2) is 8.42 Å². The number of fused-ring (bicyclic) bond motifs is 1. The van der Waals surface area contributed by atoms with E-state index in [1.807, 2.05) is 37.3 Å². The molecule has 0 saturated heterocycles. The largest absolute Gasteiger partial charge is 0.311 e. The van der Waals surface area contributed by atoms with Gasteiger partial charge in [0.05, 0.1) is 5.69 Å². The molecule has 1 aliphatic rings. The van der Waals surface area contributed by atoms with Gasteiger partial charge in [-0.3, -0.25) is 4.31 Å². The first-order chi connectivity index (χ1) is 10.1. The molecule has 2 aromatic rings. The van der Waals surface area contributed by atoms with Gasteiger partial charge in [0.15, 0.2) is 0 Å². The van der Waals surface area contributed by atoms with E-state index in [9.17, 15) is 8.42 Å². The Morgan fingerprint density at radius 1 is 1.24 bits per heavy atom. The summed E-state index contributed by atoms with van der Waals surface area (Å²) in [6.45, 7) is 3.85. The van der Waals surface area contributed by atoms with Crippen LogP contribution in [0.5, 0.6) is 0 Å². The maximum absolute atomic E-state index is 12.9. The fourth-order valence-electron chi connectivity index (χ4n) is 2.47. The molecule has 1 aromatic carbocycles. The Morgan fingerprint density at radius 2 is 2.05 bits per heavy atom. The average molecular weight is 322 g/mol. The molecule has 0 saturated carbocycles. The van der Waals surface area contributed by atoms with E-state index in [-0.39, 0.29) is 0 Å². The van der Waals surface area contributed by atoms with Gasteiger partial charge in [-0.2, -0.15) is 0 Å². The first kappa shape index (κ1) is 14.6. The standard InChI is InChI=1S/C15H18N2O2S2/c1-2-13-7-8-15(20-13)21(18,19)17-10-9-16-11-12-5-3-4-6-14(12)17/h3-8,16H,2,9-11H2,1H3. The molecule has 0 fully saturated rings. The van der Waals surface area contributed by atoms with E-state index in [1.165, 1.54) is 15.6 Å². The van der Waals surface area contributed by atoms with Gasteiger partial charge < -0.3 is 5.32 Å². The van der Waals surface area contributed by atoms with Crippen LogP contribution < -0.4 is 9.62 Å². The van der Waals surface area contributed by atoms with Crippen LogP contribution in [0, 0.1) is 0 Å². The zero-order valence-electron chi connectivity index (χ0n) is 11.9. The van der Waals surface area contributed by atoms with Gasteiger partial charge in [-0.05, 0) is 30.2 Å². The van der Waals surface area contributed by atoms with Crippen molar-refractivity contribution in [2.45, 2.75) is 24.1 Å². The summed E-state index contributed by atoms with van der Waals surface area (Å²) in [6.07, 6.45) is 0.859. The smallest absolute Gasteiger partial charge is 0.273 e. The number of nitrogens with zero attached hydrogens (tertiary/aromatic N) is 1. The highest BCUT2D eigenvalue weighted by Crippen LogP contribution is 2.31. The minimum Gasteiger partial charge on any atom is -0.311 e. The van der Waals surface area contributed by atoms with Gasteiger partial charge in [-0.1, -0.05) is 25.1 Å². The summed E-state index contributed by atoms with van der Waals surface area (Å²) in [5.74, 6) is 0. The Labute approximate surface area is 129 Å². The SMILES string of the molecule is CCc1ccc(S(=O)(=O)N2CCNCc3ccccc32)s1. The highest BCUT2D eigenvalue weighted by molar-refractivity contribution is 7.94. The van der Waals surface area contributed by atoms with E-state index in [2.05, 4.69) is 5.32 Å². The zero-order valence-corrected chi connectivity index (χ0v) is 13.5. The second-order valence-corrected chi connectivity index (χ2v) is 8.21. The summed E-state index contributed by atoms with van der Waals surface area (Å²) in [5, 5.41) is 3.27. The van der Waals surface area contributed by atoms with Crippen LogP contribution >= 0.6 is 11.3 Å². The van der Waals surface area contributed by atoms with Gasteiger partial charge in [-0.15, -0.1) is 11.3 Å². The molecule has 0 bridgehead atoms. The van der Waals surface area contributed by atoms with Crippen molar-refractivity contribution < 1.29 is 8.42 Å². The number of anilines is 1.